The van der Waals surface area contributed by atoms with Gasteiger partial charge in [0.05, 0.1) is 12.9 Å². The first kappa shape index (κ1) is 16.5. The number of anilines is 1. The van der Waals surface area contributed by atoms with Crippen molar-refractivity contribution in [2.24, 2.45) is 0 Å². The van der Waals surface area contributed by atoms with Crippen molar-refractivity contribution in [1.82, 2.24) is 4.31 Å². The van der Waals surface area contributed by atoms with Crippen molar-refractivity contribution in [3.8, 4) is 0 Å². The van der Waals surface area contributed by atoms with E-state index in [1.807, 2.05) is 18.2 Å². The van der Waals surface area contributed by atoms with Crippen LogP contribution < -0.4 is 5.73 Å². The Bertz CT molecular complexity index is 670. The maximum absolute atomic E-state index is 12.4. The van der Waals surface area contributed by atoms with E-state index in [1.165, 1.54) is 11.4 Å². The van der Waals surface area contributed by atoms with Crippen LogP contribution in [0.1, 0.15) is 18.4 Å². The van der Waals surface area contributed by atoms with Gasteiger partial charge in [0.1, 0.15) is 6.04 Å². The van der Waals surface area contributed by atoms with Gasteiger partial charge in [0.25, 0.3) is 0 Å². The number of sulfonamides is 1. The fourth-order valence-electron chi connectivity index (χ4n) is 2.50. The highest BCUT2D eigenvalue weighted by molar-refractivity contribution is 7.89. The van der Waals surface area contributed by atoms with E-state index in [-0.39, 0.29) is 5.75 Å². The Labute approximate surface area is 130 Å². The van der Waals surface area contributed by atoms with Crippen molar-refractivity contribution in [3.63, 3.8) is 0 Å². The molecule has 0 unspecified atom stereocenters. The minimum atomic E-state index is -3.54. The van der Waals surface area contributed by atoms with Gasteiger partial charge in [-0.3, -0.25) is 4.79 Å². The normalized spacial score (nSPS) is 19.6. The number of rotatable bonds is 5. The van der Waals surface area contributed by atoms with Crippen LogP contribution in [0.15, 0.2) is 30.3 Å². The lowest BCUT2D eigenvalue weighted by atomic mass is 10.2. The second kappa shape index (κ2) is 6.93. The summed E-state index contributed by atoms with van der Waals surface area (Å²) < 4.78 is 30.7. The number of nitrogen functional groups attached to an aromatic ring is 1. The molecule has 22 heavy (non-hydrogen) atoms. The number of hydrogen-bond acceptors (Lipinski definition) is 5. The van der Waals surface area contributed by atoms with Crippen LogP contribution >= 0.6 is 0 Å². The molecule has 1 heterocycles. The molecule has 1 aromatic carbocycles. The molecule has 0 aromatic heterocycles. The van der Waals surface area contributed by atoms with Gasteiger partial charge in [-0.25, -0.2) is 8.42 Å². The average molecular weight is 324 g/mol. The van der Waals surface area contributed by atoms with Crippen LogP contribution in [0.5, 0.6) is 0 Å². The molecule has 0 amide bonds. The van der Waals surface area contributed by atoms with Gasteiger partial charge in [0, 0.05) is 12.2 Å². The van der Waals surface area contributed by atoms with Gasteiger partial charge in [-0.05, 0) is 24.5 Å². The predicted molar refractivity (Wildman–Crippen MR) is 85.4 cm³/mol. The maximum Gasteiger partial charge on any atom is 0.324 e. The number of para-hydroxylation sites is 1. The van der Waals surface area contributed by atoms with E-state index in [9.17, 15) is 13.2 Å². The smallest absolute Gasteiger partial charge is 0.324 e. The maximum atomic E-state index is 12.4. The molecule has 1 saturated heterocycles. The quantitative estimate of drug-likeness (QED) is 0.650. The summed E-state index contributed by atoms with van der Waals surface area (Å²) in [6.45, 7) is 0.351. The first-order valence-electron chi connectivity index (χ1n) is 7.04. The zero-order valence-electron chi connectivity index (χ0n) is 12.4. The largest absolute Gasteiger partial charge is 0.468 e. The van der Waals surface area contributed by atoms with Crippen molar-refractivity contribution in [2.45, 2.75) is 18.9 Å². The summed E-state index contributed by atoms with van der Waals surface area (Å²) in [4.78, 5) is 11.6. The number of ether oxygens (including phenoxy) is 1. The van der Waals surface area contributed by atoms with E-state index < -0.39 is 22.0 Å². The van der Waals surface area contributed by atoms with Crippen LogP contribution in [0.3, 0.4) is 0 Å². The molecule has 1 aliphatic heterocycles. The zero-order chi connectivity index (χ0) is 16.2. The van der Waals surface area contributed by atoms with E-state index in [0.29, 0.717) is 25.1 Å². The third-order valence-electron chi connectivity index (χ3n) is 3.63. The van der Waals surface area contributed by atoms with Gasteiger partial charge < -0.3 is 10.5 Å². The van der Waals surface area contributed by atoms with Crippen molar-refractivity contribution >= 4 is 27.8 Å². The fourth-order valence-corrected chi connectivity index (χ4v) is 4.02. The summed E-state index contributed by atoms with van der Waals surface area (Å²) in [6.07, 6.45) is 4.39. The van der Waals surface area contributed by atoms with Crippen LogP contribution in [-0.2, 0) is 19.6 Å². The SMILES string of the molecule is COC(=O)[C@@H]1CCCN1S(=O)(=O)CC=Cc1ccccc1N. The molecule has 0 aliphatic carbocycles. The standard InChI is InChI=1S/C15H20N2O4S/c1-21-15(18)14-9-4-10-17(14)22(19,20)11-5-7-12-6-2-3-8-13(12)16/h2-3,5-8,14H,4,9-11,16H2,1H3/t14-/m0/s1. The van der Waals surface area contributed by atoms with Crippen molar-refractivity contribution in [1.29, 1.82) is 0 Å². The Morgan fingerprint density at radius 3 is 2.86 bits per heavy atom. The van der Waals surface area contributed by atoms with Gasteiger partial charge >= 0.3 is 5.97 Å². The fraction of sp³-hybridized carbons (Fsp3) is 0.400. The molecule has 0 saturated carbocycles. The summed E-state index contributed by atoms with van der Waals surface area (Å²) in [5, 5.41) is 0. The molecule has 0 spiro atoms. The Balaban J connectivity index is 2.08. The Hall–Kier alpha value is -1.86. The second-order valence-electron chi connectivity index (χ2n) is 5.10. The summed E-state index contributed by atoms with van der Waals surface area (Å²) in [5.74, 6) is -0.674. The zero-order valence-corrected chi connectivity index (χ0v) is 13.3. The van der Waals surface area contributed by atoms with Crippen LogP contribution in [0.25, 0.3) is 6.08 Å². The van der Waals surface area contributed by atoms with E-state index in [0.717, 1.165) is 5.56 Å². The lowest BCUT2D eigenvalue weighted by Crippen LogP contribution is -2.41. The molecule has 1 atom stereocenters. The molecular weight excluding hydrogens is 304 g/mol. The average Bonchev–Trinajstić information content (AvgIpc) is 2.99. The minimum absolute atomic E-state index is 0.172. The molecule has 6 nitrogen and oxygen atoms in total. The van der Waals surface area contributed by atoms with Gasteiger partial charge in [0.15, 0.2) is 0 Å². The number of hydrogen-bond donors (Lipinski definition) is 1. The Morgan fingerprint density at radius 1 is 1.45 bits per heavy atom. The van der Waals surface area contributed by atoms with Gasteiger partial charge in [-0.1, -0.05) is 30.4 Å². The third-order valence-corrected chi connectivity index (χ3v) is 5.40. The number of carbonyl (C=O) groups excluding carboxylic acids is 1. The van der Waals surface area contributed by atoms with Crippen molar-refractivity contribution in [3.05, 3.63) is 35.9 Å². The summed E-state index contributed by atoms with van der Waals surface area (Å²) in [7, 11) is -2.28. The lowest BCUT2D eigenvalue weighted by molar-refractivity contribution is -0.144. The van der Waals surface area contributed by atoms with E-state index in [1.54, 1.807) is 18.2 Å². The lowest BCUT2D eigenvalue weighted by Gasteiger charge is -2.21. The molecule has 0 radical (unpaired) electrons. The minimum Gasteiger partial charge on any atom is -0.468 e. The number of nitrogens with two attached hydrogens (primary N) is 1. The molecule has 7 heteroatoms. The second-order valence-corrected chi connectivity index (χ2v) is 7.07. The number of methoxy groups -OCH3 is 1. The van der Waals surface area contributed by atoms with Gasteiger partial charge in [0.2, 0.25) is 10.0 Å². The summed E-state index contributed by atoms with van der Waals surface area (Å²) in [6, 6.07) is 6.51. The van der Waals surface area contributed by atoms with E-state index >= 15 is 0 Å². The van der Waals surface area contributed by atoms with Crippen LogP contribution in [0.2, 0.25) is 0 Å². The Morgan fingerprint density at radius 2 is 2.18 bits per heavy atom. The molecule has 1 fully saturated rings. The molecule has 1 aliphatic rings. The van der Waals surface area contributed by atoms with E-state index in [4.69, 9.17) is 5.73 Å². The molecule has 120 valence electrons. The van der Waals surface area contributed by atoms with Crippen molar-refractivity contribution < 1.29 is 17.9 Å². The molecule has 2 N–H and O–H groups in total. The number of carbonyl (C=O) groups is 1. The number of benzene rings is 1. The summed E-state index contributed by atoms with van der Waals surface area (Å²) in [5.41, 5.74) is 7.16. The molecule has 2 rings (SSSR count). The monoisotopic (exact) mass is 324 g/mol. The predicted octanol–water partition coefficient (Wildman–Crippen LogP) is 1.25. The first-order valence-corrected chi connectivity index (χ1v) is 8.65. The Kier molecular flexibility index (Phi) is 5.20. The topological polar surface area (TPSA) is 89.7 Å². The first-order chi connectivity index (χ1) is 10.5. The number of esters is 1. The van der Waals surface area contributed by atoms with Crippen LogP contribution in [0.4, 0.5) is 5.69 Å². The highest BCUT2D eigenvalue weighted by Crippen LogP contribution is 2.22. The van der Waals surface area contributed by atoms with Crippen LogP contribution in [-0.4, -0.2) is 44.1 Å². The number of nitrogens with zero attached hydrogens (tertiary/aromatic N) is 1. The molecular formula is C15H20N2O4S. The highest BCUT2D eigenvalue weighted by atomic mass is 32.2. The molecule has 0 bridgehead atoms. The van der Waals surface area contributed by atoms with Gasteiger partial charge in [-0.2, -0.15) is 4.31 Å². The van der Waals surface area contributed by atoms with Crippen molar-refractivity contribution in [2.75, 3.05) is 25.1 Å². The molecule has 1 aromatic rings. The van der Waals surface area contributed by atoms with E-state index in [2.05, 4.69) is 4.74 Å². The highest BCUT2D eigenvalue weighted by Gasteiger charge is 2.38. The van der Waals surface area contributed by atoms with Crippen LogP contribution in [0, 0.1) is 0 Å². The van der Waals surface area contributed by atoms with Gasteiger partial charge in [-0.15, -0.1) is 0 Å². The third kappa shape index (κ3) is 3.66. The summed E-state index contributed by atoms with van der Waals surface area (Å²) >= 11 is 0.